The molecule has 0 saturated carbocycles. The number of hydrogen-bond acceptors (Lipinski definition) is 4. The van der Waals surface area contributed by atoms with Gasteiger partial charge in [-0.3, -0.25) is 0 Å². The zero-order valence-electron chi connectivity index (χ0n) is 12.0. The molecule has 1 unspecified atom stereocenters. The second-order valence-corrected chi connectivity index (χ2v) is 4.74. The third-order valence-electron chi connectivity index (χ3n) is 3.06. The predicted octanol–water partition coefficient (Wildman–Crippen LogP) is 2.34. The highest BCUT2D eigenvalue weighted by Crippen LogP contribution is 2.15. The summed E-state index contributed by atoms with van der Waals surface area (Å²) in [4.78, 5) is 8.69. The van der Waals surface area contributed by atoms with Gasteiger partial charge in [-0.15, -0.1) is 5.10 Å². The van der Waals surface area contributed by atoms with Crippen molar-refractivity contribution < 1.29 is 0 Å². The number of aryl methyl sites for hydroxylation is 2. The number of nitrogens with one attached hydrogen (secondary N) is 1. The summed E-state index contributed by atoms with van der Waals surface area (Å²) in [6.07, 6.45) is 2.95. The molecule has 0 aromatic carbocycles. The van der Waals surface area contributed by atoms with Crippen LogP contribution < -0.4 is 5.32 Å². The molecule has 0 amide bonds. The average Bonchev–Trinajstić information content (AvgIpc) is 2.75. The fourth-order valence-electron chi connectivity index (χ4n) is 2.04. The smallest absolute Gasteiger partial charge is 0.155 e. The van der Waals surface area contributed by atoms with Crippen LogP contribution in [-0.4, -0.2) is 26.3 Å². The molecule has 2 rings (SSSR count). The van der Waals surface area contributed by atoms with Crippen LogP contribution in [0.2, 0.25) is 0 Å². The van der Waals surface area contributed by atoms with E-state index in [1.807, 2.05) is 26.1 Å². The van der Waals surface area contributed by atoms with Gasteiger partial charge in [0, 0.05) is 12.2 Å². The second kappa shape index (κ2) is 5.93. The summed E-state index contributed by atoms with van der Waals surface area (Å²) in [5, 5.41) is 7.84. The summed E-state index contributed by atoms with van der Waals surface area (Å²) in [7, 11) is 0. The van der Waals surface area contributed by atoms with Crippen molar-refractivity contribution in [3.63, 3.8) is 0 Å². The minimum absolute atomic E-state index is 0.312. The van der Waals surface area contributed by atoms with Crippen LogP contribution >= 0.6 is 0 Å². The van der Waals surface area contributed by atoms with E-state index in [1.54, 1.807) is 4.68 Å². The lowest BCUT2D eigenvalue weighted by atomic mass is 10.1. The van der Waals surface area contributed by atoms with E-state index in [0.29, 0.717) is 6.04 Å². The fourth-order valence-corrected chi connectivity index (χ4v) is 2.04. The molecule has 102 valence electrons. The van der Waals surface area contributed by atoms with E-state index < -0.39 is 0 Å². The van der Waals surface area contributed by atoms with Gasteiger partial charge in [0.25, 0.3) is 0 Å². The van der Waals surface area contributed by atoms with E-state index in [9.17, 15) is 0 Å². The molecule has 2 aromatic rings. The molecule has 1 N–H and O–H groups in total. The van der Waals surface area contributed by atoms with E-state index >= 15 is 0 Å². The van der Waals surface area contributed by atoms with Gasteiger partial charge in [-0.25, -0.2) is 9.97 Å². The Morgan fingerprint density at radius 3 is 2.79 bits per heavy atom. The van der Waals surface area contributed by atoms with Crippen molar-refractivity contribution in [3.8, 4) is 5.82 Å². The van der Waals surface area contributed by atoms with E-state index in [1.165, 1.54) is 5.56 Å². The highest BCUT2D eigenvalue weighted by Gasteiger charge is 2.09. The molecule has 0 radical (unpaired) electrons. The lowest BCUT2D eigenvalue weighted by molar-refractivity contribution is 0.569. The van der Waals surface area contributed by atoms with Crippen molar-refractivity contribution in [2.24, 2.45) is 0 Å². The predicted molar refractivity (Wildman–Crippen MR) is 75.3 cm³/mol. The fraction of sp³-hybridized carbons (Fsp3) is 0.500. The molecule has 0 fully saturated rings. The standard InChI is InChI=1S/C14H21N5/c1-5-7-15-10(2)13-6-8-16-14(9-13)19-12(4)17-11(3)18-19/h6,8-10,15H,5,7H2,1-4H3. The molecule has 5 heteroatoms. The molecule has 5 nitrogen and oxygen atoms in total. The number of hydrogen-bond donors (Lipinski definition) is 1. The first-order valence-corrected chi connectivity index (χ1v) is 6.71. The first-order chi connectivity index (χ1) is 9.11. The Morgan fingerprint density at radius 2 is 2.16 bits per heavy atom. The highest BCUT2D eigenvalue weighted by atomic mass is 15.4. The molecule has 0 aliphatic heterocycles. The summed E-state index contributed by atoms with van der Waals surface area (Å²) in [5.41, 5.74) is 1.21. The Kier molecular flexibility index (Phi) is 4.27. The molecule has 0 bridgehead atoms. The maximum atomic E-state index is 4.38. The zero-order valence-corrected chi connectivity index (χ0v) is 12.0. The van der Waals surface area contributed by atoms with Gasteiger partial charge in [-0.2, -0.15) is 4.68 Å². The maximum Gasteiger partial charge on any atom is 0.155 e. The first-order valence-electron chi connectivity index (χ1n) is 6.71. The molecule has 0 spiro atoms. The maximum absolute atomic E-state index is 4.38. The van der Waals surface area contributed by atoms with Crippen LogP contribution in [0.3, 0.4) is 0 Å². The zero-order chi connectivity index (χ0) is 13.8. The van der Waals surface area contributed by atoms with Crippen LogP contribution in [-0.2, 0) is 0 Å². The molecule has 2 aromatic heterocycles. The van der Waals surface area contributed by atoms with E-state index in [2.05, 4.69) is 40.3 Å². The van der Waals surface area contributed by atoms with Gasteiger partial charge in [0.1, 0.15) is 11.6 Å². The Bertz CT molecular complexity index is 547. The van der Waals surface area contributed by atoms with E-state index in [0.717, 1.165) is 30.4 Å². The van der Waals surface area contributed by atoms with Gasteiger partial charge in [0.2, 0.25) is 0 Å². The van der Waals surface area contributed by atoms with Crippen molar-refractivity contribution in [1.82, 2.24) is 25.1 Å². The Hall–Kier alpha value is -1.75. The summed E-state index contributed by atoms with van der Waals surface area (Å²) < 4.78 is 1.78. The van der Waals surface area contributed by atoms with Crippen LogP contribution in [0.5, 0.6) is 0 Å². The quantitative estimate of drug-likeness (QED) is 0.895. The lowest BCUT2D eigenvalue weighted by Crippen LogP contribution is -2.19. The van der Waals surface area contributed by atoms with Crippen LogP contribution in [0.4, 0.5) is 0 Å². The minimum atomic E-state index is 0.312. The molecule has 2 heterocycles. The van der Waals surface area contributed by atoms with Gasteiger partial charge in [-0.05, 0) is 51.4 Å². The summed E-state index contributed by atoms with van der Waals surface area (Å²) >= 11 is 0. The van der Waals surface area contributed by atoms with Gasteiger partial charge in [-0.1, -0.05) is 6.92 Å². The Labute approximate surface area is 114 Å². The summed E-state index contributed by atoms with van der Waals surface area (Å²) in [6, 6.07) is 4.41. The molecule has 0 aliphatic carbocycles. The van der Waals surface area contributed by atoms with Crippen molar-refractivity contribution in [2.75, 3.05) is 6.54 Å². The Morgan fingerprint density at radius 1 is 1.37 bits per heavy atom. The molecule has 19 heavy (non-hydrogen) atoms. The largest absolute Gasteiger partial charge is 0.310 e. The molecular formula is C14H21N5. The van der Waals surface area contributed by atoms with Crippen molar-refractivity contribution in [1.29, 1.82) is 0 Å². The number of pyridine rings is 1. The molecular weight excluding hydrogens is 238 g/mol. The van der Waals surface area contributed by atoms with E-state index in [-0.39, 0.29) is 0 Å². The second-order valence-electron chi connectivity index (χ2n) is 4.74. The van der Waals surface area contributed by atoms with Gasteiger partial charge < -0.3 is 5.32 Å². The summed E-state index contributed by atoms with van der Waals surface area (Å²) in [5.74, 6) is 2.44. The number of nitrogens with zero attached hydrogens (tertiary/aromatic N) is 4. The van der Waals surface area contributed by atoms with Crippen molar-refractivity contribution in [2.45, 2.75) is 40.2 Å². The van der Waals surface area contributed by atoms with Gasteiger partial charge in [0.05, 0.1) is 0 Å². The molecule has 0 aliphatic rings. The molecule has 1 atom stereocenters. The molecule has 0 saturated heterocycles. The third-order valence-corrected chi connectivity index (χ3v) is 3.06. The van der Waals surface area contributed by atoms with Crippen molar-refractivity contribution >= 4 is 0 Å². The van der Waals surface area contributed by atoms with E-state index in [4.69, 9.17) is 0 Å². The normalized spacial score (nSPS) is 12.6. The monoisotopic (exact) mass is 259 g/mol. The third kappa shape index (κ3) is 3.17. The SMILES string of the molecule is CCCNC(C)c1ccnc(-n2nc(C)nc2C)c1. The lowest BCUT2D eigenvalue weighted by Gasteiger charge is -2.14. The van der Waals surface area contributed by atoms with Crippen LogP contribution in [0.1, 0.15) is 43.5 Å². The van der Waals surface area contributed by atoms with Gasteiger partial charge in [0.15, 0.2) is 5.82 Å². The number of rotatable bonds is 5. The highest BCUT2D eigenvalue weighted by molar-refractivity contribution is 5.29. The minimum Gasteiger partial charge on any atom is -0.310 e. The van der Waals surface area contributed by atoms with Crippen LogP contribution in [0.25, 0.3) is 5.82 Å². The Balaban J connectivity index is 2.26. The van der Waals surface area contributed by atoms with Crippen molar-refractivity contribution in [3.05, 3.63) is 35.5 Å². The number of aromatic nitrogens is 4. The van der Waals surface area contributed by atoms with Crippen LogP contribution in [0, 0.1) is 13.8 Å². The topological polar surface area (TPSA) is 55.6 Å². The van der Waals surface area contributed by atoms with Crippen LogP contribution in [0.15, 0.2) is 18.3 Å². The average molecular weight is 259 g/mol. The van der Waals surface area contributed by atoms with Gasteiger partial charge >= 0.3 is 0 Å². The first kappa shape index (κ1) is 13.7. The summed E-state index contributed by atoms with van der Waals surface area (Å²) in [6.45, 7) is 9.17.